The van der Waals surface area contributed by atoms with Crippen LogP contribution in [0.3, 0.4) is 0 Å². The largest absolute Gasteiger partial charge is 0.367 e. The summed E-state index contributed by atoms with van der Waals surface area (Å²) in [7, 11) is 0. The van der Waals surface area contributed by atoms with E-state index in [1.54, 1.807) is 0 Å². The Morgan fingerprint density at radius 1 is 1.64 bits per heavy atom. The fourth-order valence-corrected chi connectivity index (χ4v) is 0.909. The van der Waals surface area contributed by atoms with Crippen LogP contribution in [0.25, 0.3) is 0 Å². The molecule has 6 nitrogen and oxygen atoms in total. The minimum absolute atomic E-state index is 0.195. The first-order valence-electron chi connectivity index (χ1n) is 3.25. The summed E-state index contributed by atoms with van der Waals surface area (Å²) >= 11 is 0. The van der Waals surface area contributed by atoms with Crippen LogP contribution in [0.5, 0.6) is 0 Å². The zero-order valence-corrected chi connectivity index (χ0v) is 5.70. The molecule has 6 heteroatoms. The molecule has 1 amide bonds. The predicted molar refractivity (Wildman–Crippen MR) is 31.8 cm³/mol. The molecule has 1 atom stereocenters. The number of carbonyl (C=O) groups excluding carboxylic acids is 1. The highest BCUT2D eigenvalue weighted by atomic mass is 17.4. The van der Waals surface area contributed by atoms with E-state index in [0.29, 0.717) is 6.54 Å². The molecule has 2 aliphatic heterocycles. The number of rotatable bonds is 1. The molecule has 0 aromatic heterocycles. The van der Waals surface area contributed by atoms with E-state index in [-0.39, 0.29) is 6.61 Å². The third-order valence-corrected chi connectivity index (χ3v) is 1.63. The lowest BCUT2D eigenvalue weighted by Crippen LogP contribution is -2.53. The molecule has 2 fully saturated rings. The molecule has 0 radical (unpaired) electrons. The highest BCUT2D eigenvalue weighted by Gasteiger charge is 2.53. The molecule has 2 heterocycles. The zero-order valence-electron chi connectivity index (χ0n) is 5.70. The van der Waals surface area contributed by atoms with E-state index < -0.39 is 17.9 Å². The third-order valence-electron chi connectivity index (χ3n) is 1.63. The molecule has 2 saturated heterocycles. The molecule has 62 valence electrons. The summed E-state index contributed by atoms with van der Waals surface area (Å²) in [5.74, 6) is -1.26. The molecule has 3 N–H and O–H groups in total. The topological polar surface area (TPSA) is 89.4 Å². The number of nitrogens with one attached hydrogen (secondary N) is 1. The van der Waals surface area contributed by atoms with Crippen molar-refractivity contribution in [1.29, 1.82) is 0 Å². The zero-order chi connectivity index (χ0) is 7.90. The summed E-state index contributed by atoms with van der Waals surface area (Å²) in [6, 6.07) is 0. The number of hydrogen-bond donors (Lipinski definition) is 2. The van der Waals surface area contributed by atoms with Gasteiger partial charge < -0.3 is 10.5 Å². The molecule has 11 heavy (non-hydrogen) atoms. The molecule has 1 unspecified atom stereocenters. The summed E-state index contributed by atoms with van der Waals surface area (Å²) in [5.41, 5.74) is 4.99. The van der Waals surface area contributed by atoms with Gasteiger partial charge in [-0.1, -0.05) is 0 Å². The van der Waals surface area contributed by atoms with Crippen molar-refractivity contribution in [2.75, 3.05) is 13.2 Å². The number of ether oxygens (including phenoxy) is 1. The summed E-state index contributed by atoms with van der Waals surface area (Å²) < 4.78 is 5.03. The van der Waals surface area contributed by atoms with Gasteiger partial charge in [-0.15, -0.1) is 0 Å². The van der Waals surface area contributed by atoms with Crippen LogP contribution < -0.4 is 11.1 Å². The van der Waals surface area contributed by atoms with Gasteiger partial charge in [0.25, 0.3) is 0 Å². The van der Waals surface area contributed by atoms with Crippen molar-refractivity contribution in [2.45, 2.75) is 12.0 Å². The van der Waals surface area contributed by atoms with E-state index in [2.05, 4.69) is 15.1 Å². The molecule has 1 spiro atoms. The summed E-state index contributed by atoms with van der Waals surface area (Å²) in [5, 5.41) is 2.83. The summed E-state index contributed by atoms with van der Waals surface area (Å²) in [4.78, 5) is 19.7. The van der Waals surface area contributed by atoms with Gasteiger partial charge in [0.05, 0.1) is 0 Å². The number of morpholine rings is 1. The van der Waals surface area contributed by atoms with Crippen molar-refractivity contribution >= 4 is 5.91 Å². The average molecular weight is 160 g/mol. The molecular formula is C5H8N2O4. The Morgan fingerprint density at radius 2 is 2.36 bits per heavy atom. The molecular weight excluding hydrogens is 152 g/mol. The van der Waals surface area contributed by atoms with Crippen molar-refractivity contribution in [1.82, 2.24) is 5.32 Å². The van der Waals surface area contributed by atoms with Crippen molar-refractivity contribution in [2.24, 2.45) is 5.73 Å². The summed E-state index contributed by atoms with van der Waals surface area (Å²) in [6.07, 6.45) is -0.576. The standard InChI is InChI=1S/C5H8N2O4/c6-4(8)3-1-7-5(2-9-3)10-11-5/h3,7H,1-2H2,(H2,6,8). The van der Waals surface area contributed by atoms with Gasteiger partial charge in [-0.05, 0) is 0 Å². The first kappa shape index (κ1) is 6.99. The van der Waals surface area contributed by atoms with Crippen LogP contribution in [-0.2, 0) is 19.3 Å². The fourth-order valence-electron chi connectivity index (χ4n) is 0.909. The van der Waals surface area contributed by atoms with Crippen LogP contribution in [0, 0.1) is 0 Å². The molecule has 0 saturated carbocycles. The molecule has 2 aliphatic rings. The molecule has 2 rings (SSSR count). The minimum atomic E-state index is -0.786. The second-order valence-corrected chi connectivity index (χ2v) is 2.50. The first-order valence-corrected chi connectivity index (χ1v) is 3.25. The van der Waals surface area contributed by atoms with Gasteiger partial charge >= 0.3 is 5.91 Å². The maximum atomic E-state index is 10.6. The SMILES string of the molecule is NC(=O)C1CNC2(CO1)OO2. The van der Waals surface area contributed by atoms with Crippen LogP contribution in [0.4, 0.5) is 0 Å². The van der Waals surface area contributed by atoms with E-state index in [1.807, 2.05) is 0 Å². The lowest BCUT2D eigenvalue weighted by molar-refractivity contribution is -0.135. The Hall–Kier alpha value is -0.690. The van der Waals surface area contributed by atoms with E-state index in [1.165, 1.54) is 0 Å². The van der Waals surface area contributed by atoms with Crippen LogP contribution in [0.2, 0.25) is 0 Å². The van der Waals surface area contributed by atoms with Gasteiger partial charge in [-0.25, -0.2) is 0 Å². The van der Waals surface area contributed by atoms with Crippen LogP contribution in [0.15, 0.2) is 0 Å². The van der Waals surface area contributed by atoms with Crippen molar-refractivity contribution in [3.8, 4) is 0 Å². The first-order chi connectivity index (χ1) is 5.22. The van der Waals surface area contributed by atoms with Crippen molar-refractivity contribution < 1.29 is 19.3 Å². The number of carbonyl (C=O) groups is 1. The number of nitrogens with two attached hydrogens (primary N) is 1. The highest BCUT2D eigenvalue weighted by molar-refractivity contribution is 5.79. The monoisotopic (exact) mass is 160 g/mol. The van der Waals surface area contributed by atoms with Gasteiger partial charge in [-0.3, -0.25) is 10.1 Å². The Kier molecular flexibility index (Phi) is 1.36. The molecule has 0 bridgehead atoms. The Morgan fingerprint density at radius 3 is 2.73 bits per heavy atom. The van der Waals surface area contributed by atoms with E-state index in [0.717, 1.165) is 0 Å². The van der Waals surface area contributed by atoms with E-state index in [9.17, 15) is 4.79 Å². The van der Waals surface area contributed by atoms with Gasteiger partial charge in [-0.2, -0.15) is 9.78 Å². The predicted octanol–water partition coefficient (Wildman–Crippen LogP) is -1.92. The van der Waals surface area contributed by atoms with E-state index in [4.69, 9.17) is 10.5 Å². The quantitative estimate of drug-likeness (QED) is 0.344. The molecule has 0 aromatic rings. The van der Waals surface area contributed by atoms with Gasteiger partial charge in [0.1, 0.15) is 12.7 Å². The second-order valence-electron chi connectivity index (χ2n) is 2.50. The average Bonchev–Trinajstić information content (AvgIpc) is 2.70. The van der Waals surface area contributed by atoms with Crippen molar-refractivity contribution in [3.63, 3.8) is 0 Å². The third kappa shape index (κ3) is 1.21. The van der Waals surface area contributed by atoms with Crippen molar-refractivity contribution in [3.05, 3.63) is 0 Å². The lowest BCUT2D eigenvalue weighted by Gasteiger charge is -2.22. The Labute approximate surface area is 62.5 Å². The summed E-state index contributed by atoms with van der Waals surface area (Å²) in [6.45, 7) is 0.524. The fraction of sp³-hybridized carbons (Fsp3) is 0.800. The smallest absolute Gasteiger partial charge is 0.310 e. The maximum absolute atomic E-state index is 10.6. The van der Waals surface area contributed by atoms with Gasteiger partial charge in [0.15, 0.2) is 0 Å². The number of amides is 1. The normalized spacial score (nSPS) is 33.6. The maximum Gasteiger partial charge on any atom is 0.310 e. The van der Waals surface area contributed by atoms with Crippen LogP contribution >= 0.6 is 0 Å². The number of primary amides is 1. The van der Waals surface area contributed by atoms with Gasteiger partial charge in [0, 0.05) is 6.54 Å². The van der Waals surface area contributed by atoms with Gasteiger partial charge in [0.2, 0.25) is 5.91 Å². The number of hydrogen-bond acceptors (Lipinski definition) is 5. The molecule has 0 aliphatic carbocycles. The second kappa shape index (κ2) is 2.15. The molecule has 0 aromatic carbocycles. The Bertz CT molecular complexity index is 181. The highest BCUT2D eigenvalue weighted by Crippen LogP contribution is 2.28. The van der Waals surface area contributed by atoms with Crippen LogP contribution in [0.1, 0.15) is 0 Å². The van der Waals surface area contributed by atoms with E-state index >= 15 is 0 Å². The van der Waals surface area contributed by atoms with Crippen LogP contribution in [-0.4, -0.2) is 31.1 Å². The lowest BCUT2D eigenvalue weighted by atomic mass is 10.3. The minimum Gasteiger partial charge on any atom is -0.367 e. The Balaban J connectivity index is 1.89.